The van der Waals surface area contributed by atoms with E-state index in [1.54, 1.807) is 0 Å². The SMILES string of the molecule is COC(=O)CC[C@H]1CNc2cc(C=C3CCC4(CC3)OCCO4)ccc2O1. The van der Waals surface area contributed by atoms with E-state index in [2.05, 4.69) is 23.5 Å². The first kappa shape index (κ1) is 18.3. The Balaban J connectivity index is 1.36. The molecule has 1 aliphatic carbocycles. The van der Waals surface area contributed by atoms with Crippen LogP contribution >= 0.6 is 0 Å². The molecule has 146 valence electrons. The lowest BCUT2D eigenvalue weighted by molar-refractivity contribution is -0.171. The second-order valence-electron chi connectivity index (χ2n) is 7.40. The molecule has 27 heavy (non-hydrogen) atoms. The van der Waals surface area contributed by atoms with E-state index in [0.717, 1.165) is 50.3 Å². The van der Waals surface area contributed by atoms with Crippen LogP contribution in [0.4, 0.5) is 5.69 Å². The van der Waals surface area contributed by atoms with E-state index in [4.69, 9.17) is 18.9 Å². The van der Waals surface area contributed by atoms with Crippen LogP contribution in [-0.4, -0.2) is 44.7 Å². The van der Waals surface area contributed by atoms with Crippen LogP contribution in [0.3, 0.4) is 0 Å². The van der Waals surface area contributed by atoms with Crippen molar-refractivity contribution in [3.63, 3.8) is 0 Å². The Bertz CT molecular complexity index is 711. The maximum absolute atomic E-state index is 11.3. The van der Waals surface area contributed by atoms with Gasteiger partial charge in [-0.1, -0.05) is 17.7 Å². The molecule has 1 aromatic carbocycles. The van der Waals surface area contributed by atoms with Crippen molar-refractivity contribution in [3.8, 4) is 5.75 Å². The lowest BCUT2D eigenvalue weighted by atomic mass is 9.88. The Labute approximate surface area is 159 Å². The van der Waals surface area contributed by atoms with Crippen molar-refractivity contribution in [2.75, 3.05) is 32.2 Å². The van der Waals surface area contributed by atoms with Gasteiger partial charge >= 0.3 is 5.97 Å². The predicted octanol–water partition coefficient (Wildman–Crippen LogP) is 3.51. The minimum Gasteiger partial charge on any atom is -0.486 e. The molecule has 1 N–H and O–H groups in total. The minimum absolute atomic E-state index is 0.0123. The summed E-state index contributed by atoms with van der Waals surface area (Å²) in [7, 11) is 1.41. The van der Waals surface area contributed by atoms with Gasteiger partial charge in [0.2, 0.25) is 0 Å². The van der Waals surface area contributed by atoms with Crippen molar-refractivity contribution in [3.05, 3.63) is 29.3 Å². The lowest BCUT2D eigenvalue weighted by Crippen LogP contribution is -2.33. The first-order valence-electron chi connectivity index (χ1n) is 9.75. The summed E-state index contributed by atoms with van der Waals surface area (Å²) in [5.74, 6) is 0.324. The molecule has 1 saturated heterocycles. The standard InChI is InChI=1S/C21H27NO5/c1-24-20(23)5-3-17-14-22-18-13-16(2-4-19(18)27-17)12-15-6-8-21(9-7-15)25-10-11-26-21/h2,4,12-13,17,22H,3,5-11,14H2,1H3/t17-/m0/s1. The summed E-state index contributed by atoms with van der Waals surface area (Å²) in [5, 5.41) is 3.43. The molecule has 0 amide bonds. The van der Waals surface area contributed by atoms with Gasteiger partial charge in [0.15, 0.2) is 5.79 Å². The van der Waals surface area contributed by atoms with Crippen molar-refractivity contribution in [1.29, 1.82) is 0 Å². The van der Waals surface area contributed by atoms with Gasteiger partial charge in [0.1, 0.15) is 11.9 Å². The number of nitrogens with one attached hydrogen (secondary N) is 1. The van der Waals surface area contributed by atoms with Crippen molar-refractivity contribution in [1.82, 2.24) is 0 Å². The summed E-state index contributed by atoms with van der Waals surface area (Å²) in [6.07, 6.45) is 7.18. The second-order valence-corrected chi connectivity index (χ2v) is 7.40. The molecule has 3 aliphatic rings. The molecular formula is C21H27NO5. The van der Waals surface area contributed by atoms with Gasteiger partial charge in [0, 0.05) is 19.3 Å². The molecule has 1 atom stereocenters. The van der Waals surface area contributed by atoms with Crippen LogP contribution < -0.4 is 10.1 Å². The number of rotatable bonds is 4. The number of fused-ring (bicyclic) bond motifs is 1. The summed E-state index contributed by atoms with van der Waals surface area (Å²) in [5.41, 5.74) is 3.62. The molecule has 0 aromatic heterocycles. The van der Waals surface area contributed by atoms with Crippen molar-refractivity contribution in [2.24, 2.45) is 0 Å². The molecule has 4 rings (SSSR count). The van der Waals surface area contributed by atoms with Gasteiger partial charge in [0.25, 0.3) is 0 Å². The summed E-state index contributed by atoms with van der Waals surface area (Å²) in [6, 6.07) is 6.22. The number of hydrogen-bond acceptors (Lipinski definition) is 6. The topological polar surface area (TPSA) is 66.0 Å². The number of hydrogen-bond donors (Lipinski definition) is 1. The minimum atomic E-state index is -0.318. The fourth-order valence-corrected chi connectivity index (χ4v) is 3.98. The van der Waals surface area contributed by atoms with Gasteiger partial charge in [-0.15, -0.1) is 0 Å². The monoisotopic (exact) mass is 373 g/mol. The highest BCUT2D eigenvalue weighted by Crippen LogP contribution is 2.39. The molecule has 1 spiro atoms. The zero-order valence-electron chi connectivity index (χ0n) is 15.8. The summed E-state index contributed by atoms with van der Waals surface area (Å²) in [4.78, 5) is 11.3. The Morgan fingerprint density at radius 3 is 2.81 bits per heavy atom. The van der Waals surface area contributed by atoms with Crippen LogP contribution in [0, 0.1) is 0 Å². The van der Waals surface area contributed by atoms with E-state index < -0.39 is 0 Å². The molecule has 0 bridgehead atoms. The van der Waals surface area contributed by atoms with E-state index in [-0.39, 0.29) is 17.9 Å². The highest BCUT2D eigenvalue weighted by molar-refractivity contribution is 5.69. The number of methoxy groups -OCH3 is 1. The number of carbonyl (C=O) groups excluding carboxylic acids is 1. The third-order valence-corrected chi connectivity index (χ3v) is 5.55. The van der Waals surface area contributed by atoms with Gasteiger partial charge in [-0.2, -0.15) is 0 Å². The number of allylic oxidation sites excluding steroid dienone is 1. The van der Waals surface area contributed by atoms with E-state index in [1.165, 1.54) is 18.2 Å². The zero-order chi connectivity index (χ0) is 18.7. The Hall–Kier alpha value is -2.05. The normalized spacial score (nSPS) is 23.3. The van der Waals surface area contributed by atoms with E-state index in [9.17, 15) is 4.79 Å². The van der Waals surface area contributed by atoms with E-state index >= 15 is 0 Å². The maximum Gasteiger partial charge on any atom is 0.305 e. The molecule has 2 heterocycles. The van der Waals surface area contributed by atoms with Crippen molar-refractivity contribution >= 4 is 17.7 Å². The summed E-state index contributed by atoms with van der Waals surface area (Å²) >= 11 is 0. The fourth-order valence-electron chi connectivity index (χ4n) is 3.98. The first-order chi connectivity index (χ1) is 13.2. The average Bonchev–Trinajstić information content (AvgIpc) is 3.16. The van der Waals surface area contributed by atoms with Crippen LogP contribution in [0.5, 0.6) is 5.75 Å². The van der Waals surface area contributed by atoms with Gasteiger partial charge in [0.05, 0.1) is 32.6 Å². The molecular weight excluding hydrogens is 346 g/mol. The zero-order valence-corrected chi connectivity index (χ0v) is 15.8. The predicted molar refractivity (Wildman–Crippen MR) is 102 cm³/mol. The smallest absolute Gasteiger partial charge is 0.305 e. The third kappa shape index (κ3) is 4.28. The molecule has 2 fully saturated rings. The first-order valence-corrected chi connectivity index (χ1v) is 9.75. The summed E-state index contributed by atoms with van der Waals surface area (Å²) in [6.45, 7) is 2.13. The van der Waals surface area contributed by atoms with E-state index in [0.29, 0.717) is 19.4 Å². The number of benzene rings is 1. The molecule has 1 saturated carbocycles. The van der Waals surface area contributed by atoms with Crippen LogP contribution in [0.1, 0.15) is 44.1 Å². The highest BCUT2D eigenvalue weighted by Gasteiger charge is 2.38. The Kier molecular flexibility index (Phi) is 5.36. The lowest BCUT2D eigenvalue weighted by Gasteiger charge is -2.32. The number of anilines is 1. The van der Waals surface area contributed by atoms with Gasteiger partial charge in [-0.25, -0.2) is 0 Å². The Morgan fingerprint density at radius 1 is 1.30 bits per heavy atom. The highest BCUT2D eigenvalue weighted by atomic mass is 16.7. The molecule has 2 aliphatic heterocycles. The molecule has 1 aromatic rings. The third-order valence-electron chi connectivity index (χ3n) is 5.55. The molecule has 0 radical (unpaired) electrons. The van der Waals surface area contributed by atoms with Crippen LogP contribution in [0.25, 0.3) is 6.08 Å². The summed E-state index contributed by atoms with van der Waals surface area (Å²) < 4.78 is 22.3. The Morgan fingerprint density at radius 2 is 2.07 bits per heavy atom. The van der Waals surface area contributed by atoms with Crippen molar-refractivity contribution < 1.29 is 23.7 Å². The number of ether oxygens (including phenoxy) is 4. The van der Waals surface area contributed by atoms with Gasteiger partial charge in [-0.05, 0) is 37.0 Å². The average molecular weight is 373 g/mol. The second kappa shape index (κ2) is 7.90. The van der Waals surface area contributed by atoms with Gasteiger partial charge in [-0.3, -0.25) is 4.79 Å². The largest absolute Gasteiger partial charge is 0.486 e. The van der Waals surface area contributed by atoms with Crippen LogP contribution in [0.2, 0.25) is 0 Å². The molecule has 0 unspecified atom stereocenters. The fraction of sp³-hybridized carbons (Fsp3) is 0.571. The maximum atomic E-state index is 11.3. The van der Waals surface area contributed by atoms with Crippen LogP contribution in [0.15, 0.2) is 23.8 Å². The van der Waals surface area contributed by atoms with Crippen molar-refractivity contribution in [2.45, 2.75) is 50.4 Å². The molecule has 6 heteroatoms. The quantitative estimate of drug-likeness (QED) is 0.815. The number of carbonyl (C=O) groups is 1. The number of esters is 1. The van der Waals surface area contributed by atoms with Crippen LogP contribution in [-0.2, 0) is 19.0 Å². The van der Waals surface area contributed by atoms with E-state index in [1.807, 2.05) is 6.07 Å². The van der Waals surface area contributed by atoms with Gasteiger partial charge < -0.3 is 24.3 Å². The molecule has 6 nitrogen and oxygen atoms in total.